The number of hydrogen-bond donors (Lipinski definition) is 1. The third-order valence-corrected chi connectivity index (χ3v) is 4.83. The lowest BCUT2D eigenvalue weighted by atomic mass is 10.2. The van der Waals surface area contributed by atoms with Gasteiger partial charge in [0.05, 0.1) is 0 Å². The van der Waals surface area contributed by atoms with E-state index in [2.05, 4.69) is 33.9 Å². The van der Waals surface area contributed by atoms with Crippen molar-refractivity contribution in [1.29, 1.82) is 0 Å². The van der Waals surface area contributed by atoms with E-state index in [-0.39, 0.29) is 0 Å². The van der Waals surface area contributed by atoms with Crippen LogP contribution < -0.4 is 5.32 Å². The van der Waals surface area contributed by atoms with Crippen LogP contribution in [-0.2, 0) is 0 Å². The molecule has 1 unspecified atom stereocenters. The first kappa shape index (κ1) is 12.7. The Labute approximate surface area is 104 Å². The summed E-state index contributed by atoms with van der Waals surface area (Å²) >= 11 is 2.11. The van der Waals surface area contributed by atoms with Gasteiger partial charge in [0.1, 0.15) is 0 Å². The highest BCUT2D eigenvalue weighted by Gasteiger charge is 2.15. The van der Waals surface area contributed by atoms with Crippen LogP contribution in [0.3, 0.4) is 0 Å². The molecule has 0 bridgehead atoms. The molecule has 2 rings (SSSR count). The number of nitrogens with one attached hydrogen (secondary N) is 1. The van der Waals surface area contributed by atoms with Gasteiger partial charge in [0.2, 0.25) is 0 Å². The summed E-state index contributed by atoms with van der Waals surface area (Å²) in [5, 5.41) is 3.70. The largest absolute Gasteiger partial charge is 0.312 e. The summed E-state index contributed by atoms with van der Waals surface area (Å²) in [6, 6.07) is 0.784. The van der Waals surface area contributed by atoms with Crippen LogP contribution in [0.1, 0.15) is 12.8 Å². The van der Waals surface area contributed by atoms with E-state index in [0.29, 0.717) is 0 Å². The van der Waals surface area contributed by atoms with Crippen LogP contribution in [0.25, 0.3) is 0 Å². The molecule has 0 aromatic rings. The van der Waals surface area contributed by atoms with Crippen molar-refractivity contribution in [1.82, 2.24) is 15.1 Å². The lowest BCUT2D eigenvalue weighted by Crippen LogP contribution is -2.47. The predicted octanol–water partition coefficient (Wildman–Crippen LogP) is 0.719. The van der Waals surface area contributed by atoms with Crippen LogP contribution in [0.2, 0.25) is 0 Å². The average Bonchev–Trinajstić information content (AvgIpc) is 2.33. The minimum absolute atomic E-state index is 0.784. The van der Waals surface area contributed by atoms with Crippen molar-refractivity contribution in [3.63, 3.8) is 0 Å². The number of piperazine rings is 1. The van der Waals surface area contributed by atoms with Crippen LogP contribution in [0.5, 0.6) is 0 Å². The Hall–Kier alpha value is 0.230. The molecule has 0 aromatic heterocycles. The molecule has 0 radical (unpaired) electrons. The molecule has 0 aliphatic carbocycles. The van der Waals surface area contributed by atoms with E-state index in [1.54, 1.807) is 0 Å². The molecule has 94 valence electrons. The van der Waals surface area contributed by atoms with Crippen LogP contribution in [-0.4, -0.2) is 73.7 Å². The number of rotatable bonds is 4. The van der Waals surface area contributed by atoms with Gasteiger partial charge in [0, 0.05) is 51.1 Å². The van der Waals surface area contributed by atoms with Crippen molar-refractivity contribution in [3.8, 4) is 0 Å². The highest BCUT2D eigenvalue weighted by molar-refractivity contribution is 7.99. The first-order valence-electron chi connectivity index (χ1n) is 6.56. The first-order valence-corrected chi connectivity index (χ1v) is 7.72. The zero-order valence-corrected chi connectivity index (χ0v) is 11.3. The summed E-state index contributed by atoms with van der Waals surface area (Å²) in [4.78, 5) is 5.00. The Morgan fingerprint density at radius 3 is 2.75 bits per heavy atom. The van der Waals surface area contributed by atoms with Gasteiger partial charge in [0.25, 0.3) is 0 Å². The Morgan fingerprint density at radius 2 is 2.06 bits per heavy atom. The van der Waals surface area contributed by atoms with Gasteiger partial charge in [-0.1, -0.05) is 0 Å². The molecule has 0 spiro atoms. The summed E-state index contributed by atoms with van der Waals surface area (Å²) in [6.45, 7) is 7.37. The van der Waals surface area contributed by atoms with Gasteiger partial charge in [-0.15, -0.1) is 0 Å². The maximum atomic E-state index is 3.70. The third-order valence-electron chi connectivity index (χ3n) is 3.62. The second-order valence-electron chi connectivity index (χ2n) is 5.01. The third kappa shape index (κ3) is 4.24. The first-order chi connectivity index (χ1) is 7.84. The van der Waals surface area contributed by atoms with Crippen molar-refractivity contribution in [2.24, 2.45) is 0 Å². The normalized spacial score (nSPS) is 29.4. The Morgan fingerprint density at radius 1 is 1.25 bits per heavy atom. The highest BCUT2D eigenvalue weighted by Crippen LogP contribution is 2.16. The van der Waals surface area contributed by atoms with Gasteiger partial charge in [0.15, 0.2) is 0 Å². The lowest BCUT2D eigenvalue weighted by Gasteiger charge is -2.33. The molecule has 16 heavy (non-hydrogen) atoms. The quantitative estimate of drug-likeness (QED) is 0.784. The monoisotopic (exact) mass is 243 g/mol. The number of hydrogen-bond acceptors (Lipinski definition) is 4. The van der Waals surface area contributed by atoms with Gasteiger partial charge < -0.3 is 10.2 Å². The second-order valence-corrected chi connectivity index (χ2v) is 6.16. The molecule has 3 nitrogen and oxygen atoms in total. The van der Waals surface area contributed by atoms with E-state index in [9.17, 15) is 0 Å². The van der Waals surface area contributed by atoms with E-state index >= 15 is 0 Å². The molecule has 1 atom stereocenters. The zero-order chi connectivity index (χ0) is 11.2. The maximum Gasteiger partial charge on any atom is 0.0159 e. The zero-order valence-electron chi connectivity index (χ0n) is 10.5. The van der Waals surface area contributed by atoms with Crippen molar-refractivity contribution in [3.05, 3.63) is 0 Å². The van der Waals surface area contributed by atoms with Gasteiger partial charge in [-0.2, -0.15) is 11.8 Å². The van der Waals surface area contributed by atoms with Gasteiger partial charge in [-0.05, 0) is 25.6 Å². The van der Waals surface area contributed by atoms with Crippen molar-refractivity contribution < 1.29 is 0 Å². The van der Waals surface area contributed by atoms with E-state index < -0.39 is 0 Å². The molecule has 1 N–H and O–H groups in total. The smallest absolute Gasteiger partial charge is 0.0159 e. The number of nitrogens with zero attached hydrogens (tertiary/aromatic N) is 2. The van der Waals surface area contributed by atoms with E-state index in [1.807, 2.05) is 0 Å². The van der Waals surface area contributed by atoms with E-state index in [1.165, 1.54) is 63.6 Å². The molecule has 4 heteroatoms. The van der Waals surface area contributed by atoms with E-state index in [0.717, 1.165) is 6.04 Å². The molecule has 0 saturated carbocycles. The summed E-state index contributed by atoms with van der Waals surface area (Å²) in [7, 11) is 2.22. The molecule has 2 saturated heterocycles. The Kier molecular flexibility index (Phi) is 5.42. The molecular weight excluding hydrogens is 218 g/mol. The molecule has 0 amide bonds. The molecular formula is C12H25N3S. The van der Waals surface area contributed by atoms with E-state index in [4.69, 9.17) is 0 Å². The van der Waals surface area contributed by atoms with Crippen molar-refractivity contribution >= 4 is 11.8 Å². The predicted molar refractivity (Wildman–Crippen MR) is 72.3 cm³/mol. The molecule has 2 aliphatic rings. The lowest BCUT2D eigenvalue weighted by molar-refractivity contribution is 0.153. The number of likely N-dealkylation sites (N-methyl/N-ethyl adjacent to an activating group) is 1. The standard InChI is InChI=1S/C12H25N3S/c1-14-6-8-15(9-7-14)5-4-13-12-3-2-10-16-11-12/h12-13H,2-11H2,1H3. The Bertz CT molecular complexity index is 187. The molecule has 0 aromatic carbocycles. The fourth-order valence-electron chi connectivity index (χ4n) is 2.40. The summed E-state index contributed by atoms with van der Waals surface area (Å²) in [6.07, 6.45) is 2.78. The fourth-order valence-corrected chi connectivity index (χ4v) is 3.51. The van der Waals surface area contributed by atoms with Crippen LogP contribution in [0.15, 0.2) is 0 Å². The molecule has 2 aliphatic heterocycles. The van der Waals surface area contributed by atoms with Crippen molar-refractivity contribution in [2.45, 2.75) is 18.9 Å². The van der Waals surface area contributed by atoms with Crippen LogP contribution >= 0.6 is 11.8 Å². The van der Waals surface area contributed by atoms with Gasteiger partial charge in [-0.25, -0.2) is 0 Å². The minimum atomic E-state index is 0.784. The summed E-state index contributed by atoms with van der Waals surface area (Å²) < 4.78 is 0. The highest BCUT2D eigenvalue weighted by atomic mass is 32.2. The summed E-state index contributed by atoms with van der Waals surface area (Å²) in [5.41, 5.74) is 0. The average molecular weight is 243 g/mol. The van der Waals surface area contributed by atoms with Gasteiger partial charge >= 0.3 is 0 Å². The minimum Gasteiger partial charge on any atom is -0.312 e. The van der Waals surface area contributed by atoms with Crippen molar-refractivity contribution in [2.75, 3.05) is 57.8 Å². The maximum absolute atomic E-state index is 3.70. The van der Waals surface area contributed by atoms with Crippen LogP contribution in [0.4, 0.5) is 0 Å². The summed E-state index contributed by atoms with van der Waals surface area (Å²) in [5.74, 6) is 2.69. The topological polar surface area (TPSA) is 18.5 Å². The molecule has 2 heterocycles. The Balaban J connectivity index is 1.53. The fraction of sp³-hybridized carbons (Fsp3) is 1.00. The van der Waals surface area contributed by atoms with Gasteiger partial charge in [-0.3, -0.25) is 4.90 Å². The van der Waals surface area contributed by atoms with Crippen LogP contribution in [0, 0.1) is 0 Å². The number of thioether (sulfide) groups is 1. The molecule has 2 fully saturated rings. The SMILES string of the molecule is CN1CCN(CCNC2CCCSC2)CC1. The second kappa shape index (κ2) is 6.84.